The zero-order chi connectivity index (χ0) is 17.5. The maximum Gasteiger partial charge on any atom is 0.251 e. The van der Waals surface area contributed by atoms with E-state index in [1.165, 1.54) is 0 Å². The normalized spacial score (nSPS) is 10.3. The van der Waals surface area contributed by atoms with Crippen molar-refractivity contribution in [3.8, 4) is 0 Å². The number of hydrogen-bond donors (Lipinski definition) is 2. The molecule has 6 heteroatoms. The molecule has 0 spiro atoms. The molecule has 24 heavy (non-hydrogen) atoms. The summed E-state index contributed by atoms with van der Waals surface area (Å²) >= 11 is 11.9. The lowest BCUT2D eigenvalue weighted by Gasteiger charge is -2.08. The van der Waals surface area contributed by atoms with Crippen molar-refractivity contribution in [3.63, 3.8) is 0 Å². The average molecular weight is 365 g/mol. The van der Waals surface area contributed by atoms with E-state index in [1.54, 1.807) is 36.4 Å². The second-order valence-corrected chi connectivity index (χ2v) is 6.09. The highest BCUT2D eigenvalue weighted by atomic mass is 35.5. The number of benzene rings is 2. The lowest BCUT2D eigenvalue weighted by molar-refractivity contribution is -0.120. The Morgan fingerprint density at radius 3 is 2.54 bits per heavy atom. The summed E-state index contributed by atoms with van der Waals surface area (Å²) in [7, 11) is 0. The topological polar surface area (TPSA) is 58.2 Å². The summed E-state index contributed by atoms with van der Waals surface area (Å²) in [6, 6.07) is 12.2. The fourth-order valence-corrected chi connectivity index (χ4v) is 2.66. The summed E-state index contributed by atoms with van der Waals surface area (Å²) in [4.78, 5) is 23.9. The van der Waals surface area contributed by atoms with Crippen LogP contribution in [0.5, 0.6) is 0 Å². The number of nitrogens with one attached hydrogen (secondary N) is 2. The van der Waals surface area contributed by atoms with Crippen molar-refractivity contribution in [2.45, 2.75) is 19.9 Å². The zero-order valence-corrected chi connectivity index (χ0v) is 14.7. The lowest BCUT2D eigenvalue weighted by atomic mass is 10.1. The fraction of sp³-hybridized carbons (Fsp3) is 0.222. The molecule has 2 N–H and O–H groups in total. The monoisotopic (exact) mass is 364 g/mol. The van der Waals surface area contributed by atoms with E-state index in [2.05, 4.69) is 10.6 Å². The molecule has 0 bridgehead atoms. The standard InChI is InChI=1S/C18H18Cl2N2O2/c1-2-21-18(24)14-5-3-4-12(8-14)11-22-17(23)9-13-6-7-15(19)10-16(13)20/h3-8,10H,2,9,11H2,1H3,(H,21,24)(H,22,23). The smallest absolute Gasteiger partial charge is 0.251 e. The summed E-state index contributed by atoms with van der Waals surface area (Å²) in [6.07, 6.45) is 0.173. The van der Waals surface area contributed by atoms with Crippen LogP contribution in [-0.4, -0.2) is 18.4 Å². The second-order valence-electron chi connectivity index (χ2n) is 5.25. The molecule has 2 aromatic rings. The minimum absolute atomic E-state index is 0.126. The Morgan fingerprint density at radius 1 is 1.04 bits per heavy atom. The van der Waals surface area contributed by atoms with Crippen LogP contribution in [0.15, 0.2) is 42.5 Å². The third-order valence-corrected chi connectivity index (χ3v) is 3.97. The number of amides is 2. The van der Waals surface area contributed by atoms with E-state index in [1.807, 2.05) is 13.0 Å². The molecule has 2 amide bonds. The van der Waals surface area contributed by atoms with Gasteiger partial charge in [-0.25, -0.2) is 0 Å². The minimum Gasteiger partial charge on any atom is -0.352 e. The quantitative estimate of drug-likeness (QED) is 0.822. The molecular weight excluding hydrogens is 347 g/mol. The van der Waals surface area contributed by atoms with Crippen LogP contribution in [-0.2, 0) is 17.8 Å². The van der Waals surface area contributed by atoms with E-state index >= 15 is 0 Å². The van der Waals surface area contributed by atoms with Crippen LogP contribution < -0.4 is 10.6 Å². The summed E-state index contributed by atoms with van der Waals surface area (Å²) in [5, 5.41) is 6.57. The summed E-state index contributed by atoms with van der Waals surface area (Å²) in [5.41, 5.74) is 2.15. The van der Waals surface area contributed by atoms with Gasteiger partial charge in [0.1, 0.15) is 0 Å². The van der Waals surface area contributed by atoms with Crippen LogP contribution in [0.25, 0.3) is 0 Å². The molecule has 0 radical (unpaired) electrons. The predicted octanol–water partition coefficient (Wildman–Crippen LogP) is 3.60. The fourth-order valence-electron chi connectivity index (χ4n) is 2.19. The summed E-state index contributed by atoms with van der Waals surface area (Å²) in [5.74, 6) is -0.277. The van der Waals surface area contributed by atoms with Gasteiger partial charge in [0, 0.05) is 28.7 Å². The molecule has 0 aliphatic carbocycles. The number of hydrogen-bond acceptors (Lipinski definition) is 2. The molecule has 2 aromatic carbocycles. The van der Waals surface area contributed by atoms with Crippen molar-refractivity contribution in [1.29, 1.82) is 0 Å². The molecule has 0 atom stereocenters. The Balaban J connectivity index is 1.94. The minimum atomic E-state index is -0.150. The highest BCUT2D eigenvalue weighted by molar-refractivity contribution is 6.35. The second kappa shape index (κ2) is 8.71. The molecule has 0 heterocycles. The molecule has 0 aliphatic rings. The Bertz CT molecular complexity index is 748. The van der Waals surface area contributed by atoms with Crippen LogP contribution in [0, 0.1) is 0 Å². The van der Waals surface area contributed by atoms with Gasteiger partial charge in [-0.15, -0.1) is 0 Å². The molecule has 2 rings (SSSR count). The molecular formula is C18H18Cl2N2O2. The van der Waals surface area contributed by atoms with E-state index in [0.29, 0.717) is 28.7 Å². The van der Waals surface area contributed by atoms with Gasteiger partial charge in [-0.1, -0.05) is 41.4 Å². The predicted molar refractivity (Wildman–Crippen MR) is 96.5 cm³/mol. The maximum atomic E-state index is 12.1. The first-order valence-corrected chi connectivity index (χ1v) is 8.33. The van der Waals surface area contributed by atoms with Gasteiger partial charge < -0.3 is 10.6 Å². The maximum absolute atomic E-state index is 12.1. The number of carbonyl (C=O) groups is 2. The average Bonchev–Trinajstić information content (AvgIpc) is 2.56. The molecule has 0 unspecified atom stereocenters. The van der Waals surface area contributed by atoms with Crippen molar-refractivity contribution in [1.82, 2.24) is 10.6 Å². The first-order valence-electron chi connectivity index (χ1n) is 7.57. The van der Waals surface area contributed by atoms with Crippen LogP contribution in [0.1, 0.15) is 28.4 Å². The summed E-state index contributed by atoms with van der Waals surface area (Å²) in [6.45, 7) is 2.78. The highest BCUT2D eigenvalue weighted by Gasteiger charge is 2.09. The largest absolute Gasteiger partial charge is 0.352 e. The van der Waals surface area contributed by atoms with Crippen molar-refractivity contribution >= 4 is 35.0 Å². The highest BCUT2D eigenvalue weighted by Crippen LogP contribution is 2.21. The summed E-state index contributed by atoms with van der Waals surface area (Å²) < 4.78 is 0. The van der Waals surface area contributed by atoms with Gasteiger partial charge in [-0.2, -0.15) is 0 Å². The Hall–Kier alpha value is -2.04. The number of carbonyl (C=O) groups excluding carboxylic acids is 2. The number of rotatable bonds is 6. The van der Waals surface area contributed by atoms with Crippen molar-refractivity contribution in [3.05, 3.63) is 69.2 Å². The number of halogens is 2. The molecule has 0 aromatic heterocycles. The molecule has 0 saturated carbocycles. The third-order valence-electron chi connectivity index (χ3n) is 3.38. The first kappa shape index (κ1) is 18.3. The Morgan fingerprint density at radius 2 is 1.83 bits per heavy atom. The van der Waals surface area contributed by atoms with E-state index in [4.69, 9.17) is 23.2 Å². The van der Waals surface area contributed by atoms with Gasteiger partial charge in [0.2, 0.25) is 5.91 Å². The van der Waals surface area contributed by atoms with Crippen LogP contribution >= 0.6 is 23.2 Å². The third kappa shape index (κ3) is 5.25. The van der Waals surface area contributed by atoms with E-state index in [-0.39, 0.29) is 18.2 Å². The molecule has 126 valence electrons. The van der Waals surface area contributed by atoms with E-state index in [9.17, 15) is 9.59 Å². The SMILES string of the molecule is CCNC(=O)c1cccc(CNC(=O)Cc2ccc(Cl)cc2Cl)c1. The molecule has 0 fully saturated rings. The lowest BCUT2D eigenvalue weighted by Crippen LogP contribution is -2.25. The van der Waals surface area contributed by atoms with Crippen molar-refractivity contribution < 1.29 is 9.59 Å². The Kier molecular flexibility index (Phi) is 6.64. The van der Waals surface area contributed by atoms with Crippen LogP contribution in [0.3, 0.4) is 0 Å². The van der Waals surface area contributed by atoms with Crippen molar-refractivity contribution in [2.75, 3.05) is 6.54 Å². The first-order chi connectivity index (χ1) is 11.5. The van der Waals surface area contributed by atoms with Gasteiger partial charge >= 0.3 is 0 Å². The zero-order valence-electron chi connectivity index (χ0n) is 13.2. The molecule has 0 aliphatic heterocycles. The molecule has 4 nitrogen and oxygen atoms in total. The van der Waals surface area contributed by atoms with Gasteiger partial charge in [-0.05, 0) is 42.3 Å². The van der Waals surface area contributed by atoms with Gasteiger partial charge in [-0.3, -0.25) is 9.59 Å². The van der Waals surface area contributed by atoms with E-state index in [0.717, 1.165) is 11.1 Å². The van der Waals surface area contributed by atoms with Gasteiger partial charge in [0.25, 0.3) is 5.91 Å². The van der Waals surface area contributed by atoms with Gasteiger partial charge in [0.15, 0.2) is 0 Å². The molecule has 0 saturated heterocycles. The van der Waals surface area contributed by atoms with Crippen LogP contribution in [0.4, 0.5) is 0 Å². The van der Waals surface area contributed by atoms with Crippen molar-refractivity contribution in [2.24, 2.45) is 0 Å². The van der Waals surface area contributed by atoms with E-state index < -0.39 is 0 Å². The van der Waals surface area contributed by atoms with Gasteiger partial charge in [0.05, 0.1) is 6.42 Å². The Labute approximate surface area is 151 Å². The van der Waals surface area contributed by atoms with Crippen LogP contribution in [0.2, 0.25) is 10.0 Å².